The van der Waals surface area contributed by atoms with Crippen molar-refractivity contribution in [3.05, 3.63) is 303 Å². The number of carboxylic acids is 1. The van der Waals surface area contributed by atoms with Gasteiger partial charge in [-0.15, -0.1) is 45.3 Å². The van der Waals surface area contributed by atoms with Gasteiger partial charge < -0.3 is 54.2 Å². The van der Waals surface area contributed by atoms with Crippen LogP contribution >= 0.6 is 73.9 Å². The lowest BCUT2D eigenvalue weighted by atomic mass is 10.0. The number of nitrogens with one attached hydrogen (secondary N) is 6. The summed E-state index contributed by atoms with van der Waals surface area (Å²) in [6, 6.07) is 66.7. The number of hydrogen-bond acceptors (Lipinski definition) is 24. The van der Waals surface area contributed by atoms with Gasteiger partial charge in [0, 0.05) is 190 Å². The Morgan fingerprint density at radius 1 is 0.489 bits per heavy atom. The van der Waals surface area contributed by atoms with Gasteiger partial charge in [-0.05, 0) is 310 Å². The van der Waals surface area contributed by atoms with Gasteiger partial charge in [0.1, 0.15) is 10.9 Å². The maximum Gasteiger partial charge on any atom is 0.336 e. The fourth-order valence-corrected chi connectivity index (χ4v) is 20.7. The van der Waals surface area contributed by atoms with E-state index in [4.69, 9.17) is 27.6 Å². The first-order chi connectivity index (χ1) is 67.4. The number of rotatable bonds is 10. The third-order valence-electron chi connectivity index (χ3n) is 23.8. The van der Waals surface area contributed by atoms with Crippen LogP contribution in [-0.2, 0) is 0 Å². The van der Waals surface area contributed by atoms with Crippen molar-refractivity contribution in [2.24, 2.45) is 11.5 Å². The van der Waals surface area contributed by atoms with Crippen molar-refractivity contribution in [2.75, 3.05) is 67.7 Å². The lowest BCUT2D eigenvalue weighted by Gasteiger charge is -2.13. The van der Waals surface area contributed by atoms with Crippen molar-refractivity contribution in [1.29, 1.82) is 5.26 Å². The van der Waals surface area contributed by atoms with Gasteiger partial charge in [0.25, 0.3) is 5.91 Å². The minimum atomic E-state index is -0.899. The summed E-state index contributed by atoms with van der Waals surface area (Å²) in [5, 5.41) is 51.6. The molecule has 1 aliphatic rings. The molecular formula is C114H127BrN18O3S5. The number of halogens is 1. The van der Waals surface area contributed by atoms with Crippen LogP contribution in [0.5, 0.6) is 0 Å². The molecule has 0 saturated heterocycles. The summed E-state index contributed by atoms with van der Waals surface area (Å²) >= 11 is 14.2. The number of thiophene rings is 4. The molecule has 1 amide bonds. The van der Waals surface area contributed by atoms with Crippen molar-refractivity contribution in [3.63, 3.8) is 0 Å². The molecule has 0 radical (unpaired) electrons. The number of nitrogen functional groups attached to an aromatic ring is 1. The van der Waals surface area contributed by atoms with Crippen LogP contribution in [0, 0.1) is 115 Å². The molecule has 13 N–H and O–H groups in total. The quantitative estimate of drug-likeness (QED) is 0.0567. The van der Waals surface area contributed by atoms with Crippen molar-refractivity contribution >= 4 is 236 Å². The molecule has 27 heteroatoms. The van der Waals surface area contributed by atoms with Gasteiger partial charge >= 0.3 is 5.97 Å². The highest BCUT2D eigenvalue weighted by molar-refractivity contribution is 9.10. The van der Waals surface area contributed by atoms with Crippen LogP contribution in [0.25, 0.3) is 128 Å². The number of likely N-dealkylation sites (N-methyl/N-ethyl adjacent to an activating group) is 2. The smallest absolute Gasteiger partial charge is 0.336 e. The zero-order valence-electron chi connectivity index (χ0n) is 84.4. The second-order valence-corrected chi connectivity index (χ2v) is 41.9. The van der Waals surface area contributed by atoms with Crippen molar-refractivity contribution in [1.82, 2.24) is 55.8 Å². The fraction of sp³-hybridized carbons (Fsp3) is 0.272. The van der Waals surface area contributed by atoms with Crippen LogP contribution in [0.1, 0.15) is 142 Å². The topological polar surface area (TPSA) is 332 Å². The van der Waals surface area contributed by atoms with E-state index in [0.717, 1.165) is 179 Å². The van der Waals surface area contributed by atoms with E-state index in [1.54, 1.807) is 35.7 Å². The summed E-state index contributed by atoms with van der Waals surface area (Å²) < 4.78 is 6.00. The maximum absolute atomic E-state index is 12.3. The normalized spacial score (nSPS) is 12.5. The maximum atomic E-state index is 12.3. The first kappa shape index (κ1) is 107. The Morgan fingerprint density at radius 3 is 1.38 bits per heavy atom. The Bertz CT molecular complexity index is 7940. The zero-order chi connectivity index (χ0) is 102. The van der Waals surface area contributed by atoms with E-state index >= 15 is 0 Å². The van der Waals surface area contributed by atoms with Gasteiger partial charge in [0.2, 0.25) is 0 Å². The second kappa shape index (κ2) is 49.0. The molecule has 8 aromatic carbocycles. The average molecular weight is 2040 g/mol. The molecule has 728 valence electrons. The summed E-state index contributed by atoms with van der Waals surface area (Å²) in [6.45, 7) is 43.8. The highest BCUT2D eigenvalue weighted by atomic mass is 79.9. The molecule has 0 bridgehead atoms. The number of amides is 1. The number of nitriles is 1. The fourth-order valence-electron chi connectivity index (χ4n) is 16.0. The first-order valence-electron chi connectivity index (χ1n) is 47.1. The molecule has 0 aliphatic carbocycles. The highest BCUT2D eigenvalue weighted by Crippen LogP contribution is 2.44. The first-order valence-corrected chi connectivity index (χ1v) is 51.7. The predicted molar refractivity (Wildman–Crippen MR) is 612 cm³/mol. The summed E-state index contributed by atoms with van der Waals surface area (Å²) in [7, 11) is 3.89. The standard InChI is InChI=1S/C17H21N3S.C16H15N3OS.C16H19N3S.C13H12N2S.C12H10N2.C12H11NO2.C11H10BrN.C11H11N.C4H12N2.C2H6S/c1-10-5-6-13-14(7-10)19-9-15-16(13)17(12(3)21-15)20-8-11(2)18-4;1-8-3-4-10-11(18-8)5-6-12-13(10)14-15(21-12)16(20)19-9(2)7-17-14;1-9-4-5-12-13(6-9)18-8-14-15(12)16(11(3)20-14)19-7-10(2)17;1-7-3-4-9-10(15-7)5-6-11-12(9)13(14)8(2)16-11;1-8-3-6-12-10(11(8)7-13)5-4-9(2)14-12;1-7-3-6-10-9(11(7)12(14)15)5-4-8(2)13-10;1-7-3-6-10-9(11(7)12)5-4-8(2)13-10;1-8-3-6-11-10(7-8)5-4-9(2)12-11;1-4(3-5)6-2;1-2-3/h5-7,9,11,18,20H,8H2,1-4H3;3-6,9,17H,7H2,1-2H3,(H,19,20);4-6,8,10,19H,7,17H2,1-3H3;3-6H,14H2,1-2H3;3-6H,1-2H3;3-6H,1-2H3,(H,14,15);3-6H,1-2H3;3-7H,1-2H3;4,6H,3,5H2,1-2H3;3H,2H2,1H3. The molecule has 0 fully saturated rings. The van der Waals surface area contributed by atoms with E-state index in [-0.39, 0.29) is 18.0 Å². The van der Waals surface area contributed by atoms with Crippen LogP contribution in [0.4, 0.5) is 22.7 Å². The number of benzene rings is 8. The van der Waals surface area contributed by atoms with Crippen LogP contribution in [0.3, 0.4) is 0 Å². The number of carbonyl (C=O) groups excluding carboxylic acids is 1. The van der Waals surface area contributed by atoms with Crippen molar-refractivity contribution < 1.29 is 14.7 Å². The molecule has 141 heavy (non-hydrogen) atoms. The van der Waals surface area contributed by atoms with E-state index in [1.165, 1.54) is 106 Å². The molecule has 4 unspecified atom stereocenters. The van der Waals surface area contributed by atoms with Gasteiger partial charge in [-0.3, -0.25) is 44.7 Å². The summed E-state index contributed by atoms with van der Waals surface area (Å²) in [4.78, 5) is 63.8. The Morgan fingerprint density at radius 2 is 0.887 bits per heavy atom. The monoisotopic (exact) mass is 2030 g/mol. The molecule has 13 heterocycles. The van der Waals surface area contributed by atoms with Gasteiger partial charge in [-0.2, -0.15) is 17.9 Å². The molecule has 0 saturated carbocycles. The molecule has 1 aliphatic heterocycles. The van der Waals surface area contributed by atoms with Crippen LogP contribution in [-0.4, -0.2) is 127 Å². The molecule has 0 spiro atoms. The third-order valence-corrected chi connectivity index (χ3v) is 29.2. The van der Waals surface area contributed by atoms with Gasteiger partial charge in [0.15, 0.2) is 0 Å². The van der Waals surface area contributed by atoms with Crippen molar-refractivity contribution in [2.45, 2.75) is 163 Å². The minimum absolute atomic E-state index is 0.0110. The number of pyridine rings is 8. The Hall–Kier alpha value is -12.8. The number of aromatic carboxylic acids is 1. The molecule has 4 atom stereocenters. The lowest BCUT2D eigenvalue weighted by Crippen LogP contribution is -2.34. The number of fused-ring (bicyclic) bond motifs is 18. The molecule has 20 aromatic rings. The third kappa shape index (κ3) is 26.5. The van der Waals surface area contributed by atoms with E-state index in [9.17, 15) is 9.59 Å². The summed E-state index contributed by atoms with van der Waals surface area (Å²) in [5.74, 6) is 0.0562. The number of carbonyl (C=O) groups is 2. The van der Waals surface area contributed by atoms with Gasteiger partial charge in [0.05, 0.1) is 87.4 Å². The van der Waals surface area contributed by atoms with Crippen LogP contribution in [0.15, 0.2) is 205 Å². The Kier molecular flexibility index (Phi) is 37.2. The number of hydrogen-bond donors (Lipinski definition) is 11. The van der Waals surface area contributed by atoms with E-state index < -0.39 is 5.97 Å². The molecule has 12 aromatic heterocycles. The SMILES string of the molecule is CCS.CNC(C)CN.CNC(C)CNc1c(C)sc2cnc3cc(C)ccc3c12.Cc1ccc2c(Br)c(C)ccc2n1.Cc1ccc2c(C#N)c(C)ccc2n1.Cc1ccc2c(C(=O)O)c(C)ccc2n1.Cc1ccc2c(c1)ncc1sc(C)c(NCC(C)N)c12.Cc1ccc2c(ccc3sc(C)c(N)c32)n1.Cc1ccc2c(ccc3sc4c(c32)NCC(C)NC4=O)n1.Cc1ccc2nc(C)ccc2c1. The predicted octanol–water partition coefficient (Wildman–Crippen LogP) is 27.1. The second-order valence-electron chi connectivity index (χ2n) is 35.7. The summed E-state index contributed by atoms with van der Waals surface area (Å²) in [6.07, 6.45) is 3.98. The average Bonchev–Trinajstić information content (AvgIpc) is 1.61. The number of nitrogens with two attached hydrogens (primary N) is 3. The Balaban J connectivity index is 0.000000143. The van der Waals surface area contributed by atoms with E-state index in [2.05, 4.69) is 271 Å². The number of carboxylic acid groups (broad SMARTS) is 1. The largest absolute Gasteiger partial charge is 0.478 e. The number of aromatic nitrogens is 8. The number of aryl methyl sites for hydroxylation is 15. The number of nitrogens with zero attached hydrogens (tertiary/aromatic N) is 9. The summed E-state index contributed by atoms with van der Waals surface area (Å²) in [5.41, 5.74) is 43.3. The van der Waals surface area contributed by atoms with E-state index in [1.807, 2.05) is 187 Å². The zero-order valence-corrected chi connectivity index (χ0v) is 90.1. The number of thiol groups is 1. The lowest BCUT2D eigenvalue weighted by molar-refractivity contribution is 0.0697. The Labute approximate surface area is 856 Å². The highest BCUT2D eigenvalue weighted by Gasteiger charge is 2.26. The van der Waals surface area contributed by atoms with E-state index in [0.29, 0.717) is 23.0 Å². The van der Waals surface area contributed by atoms with Crippen LogP contribution in [0.2, 0.25) is 0 Å². The van der Waals surface area contributed by atoms with Gasteiger partial charge in [-0.25, -0.2) is 4.79 Å². The van der Waals surface area contributed by atoms with Crippen LogP contribution < -0.4 is 49.1 Å². The molecular weight excluding hydrogens is 1910 g/mol. The van der Waals surface area contributed by atoms with Crippen molar-refractivity contribution in [3.8, 4) is 6.07 Å². The molecule has 21 rings (SSSR count). The minimum Gasteiger partial charge on any atom is -0.478 e. The van der Waals surface area contributed by atoms with Gasteiger partial charge in [-0.1, -0.05) is 85.3 Å². The number of anilines is 4. The molecule has 21 nitrogen and oxygen atoms in total.